The number of phenolic OH excluding ortho intramolecular Hbond substituents is 1. The molecular formula is C13H16O3. The van der Waals surface area contributed by atoms with Crippen LogP contribution < -0.4 is 0 Å². The number of phenols is 1. The van der Waals surface area contributed by atoms with E-state index in [9.17, 15) is 9.90 Å². The van der Waals surface area contributed by atoms with Crippen molar-refractivity contribution in [2.75, 3.05) is 0 Å². The van der Waals surface area contributed by atoms with E-state index in [1.54, 1.807) is 12.1 Å². The Morgan fingerprint density at radius 3 is 2.50 bits per heavy atom. The molecule has 1 saturated carbocycles. The first kappa shape index (κ1) is 11.0. The fourth-order valence-electron chi connectivity index (χ4n) is 2.70. The van der Waals surface area contributed by atoms with Gasteiger partial charge in [0.1, 0.15) is 5.75 Å². The van der Waals surface area contributed by atoms with Crippen LogP contribution in [0.25, 0.3) is 0 Å². The van der Waals surface area contributed by atoms with Gasteiger partial charge in [-0.25, -0.2) is 0 Å². The molecule has 86 valence electrons. The van der Waals surface area contributed by atoms with Crippen LogP contribution in [0.4, 0.5) is 0 Å². The van der Waals surface area contributed by atoms with Crippen molar-refractivity contribution in [2.24, 2.45) is 11.8 Å². The molecule has 2 N–H and O–H groups in total. The van der Waals surface area contributed by atoms with E-state index in [2.05, 4.69) is 0 Å². The summed E-state index contributed by atoms with van der Waals surface area (Å²) in [6.07, 6.45) is 0.623. The van der Waals surface area contributed by atoms with E-state index in [0.717, 1.165) is 5.56 Å². The van der Waals surface area contributed by atoms with Gasteiger partial charge in [0.15, 0.2) is 0 Å². The normalized spacial score (nSPS) is 28.1. The number of hydrogen-bond acceptors (Lipinski definition) is 2. The Hall–Kier alpha value is -1.51. The molecule has 3 nitrogen and oxygen atoms in total. The number of aliphatic carboxylic acids is 1. The zero-order valence-electron chi connectivity index (χ0n) is 9.47. The lowest BCUT2D eigenvalue weighted by atomic mass is 9.82. The van der Waals surface area contributed by atoms with E-state index in [4.69, 9.17) is 5.11 Å². The average Bonchev–Trinajstić information content (AvgIpc) is 2.94. The molecule has 0 bridgehead atoms. The molecule has 0 aliphatic heterocycles. The van der Waals surface area contributed by atoms with Crippen LogP contribution in [-0.4, -0.2) is 16.2 Å². The first-order chi connectivity index (χ1) is 7.50. The third-order valence-electron chi connectivity index (χ3n) is 3.74. The van der Waals surface area contributed by atoms with E-state index in [1.165, 1.54) is 0 Å². The zero-order valence-corrected chi connectivity index (χ0v) is 9.47. The van der Waals surface area contributed by atoms with Crippen molar-refractivity contribution < 1.29 is 15.0 Å². The van der Waals surface area contributed by atoms with E-state index in [-0.39, 0.29) is 23.0 Å². The van der Waals surface area contributed by atoms with Crippen molar-refractivity contribution in [1.82, 2.24) is 0 Å². The lowest BCUT2D eigenvalue weighted by Crippen LogP contribution is -2.21. The van der Waals surface area contributed by atoms with Crippen molar-refractivity contribution in [2.45, 2.75) is 25.7 Å². The quantitative estimate of drug-likeness (QED) is 0.822. The third-order valence-corrected chi connectivity index (χ3v) is 3.74. The monoisotopic (exact) mass is 220 g/mol. The molecule has 1 aliphatic rings. The molecule has 1 fully saturated rings. The molecule has 16 heavy (non-hydrogen) atoms. The predicted molar refractivity (Wildman–Crippen MR) is 60.4 cm³/mol. The highest BCUT2D eigenvalue weighted by molar-refractivity contribution is 5.78. The Morgan fingerprint density at radius 1 is 1.44 bits per heavy atom. The predicted octanol–water partition coefficient (Wildman–Crippen LogP) is 2.39. The maximum absolute atomic E-state index is 11.1. The van der Waals surface area contributed by atoms with Crippen LogP contribution in [0.5, 0.6) is 5.75 Å². The van der Waals surface area contributed by atoms with Crippen molar-refractivity contribution in [3.63, 3.8) is 0 Å². The van der Waals surface area contributed by atoms with E-state index < -0.39 is 5.97 Å². The topological polar surface area (TPSA) is 57.5 Å². The van der Waals surface area contributed by atoms with Crippen LogP contribution in [0.2, 0.25) is 0 Å². The lowest BCUT2D eigenvalue weighted by Gasteiger charge is -2.22. The number of benzene rings is 1. The second kappa shape index (κ2) is 3.51. The minimum atomic E-state index is -0.767. The number of para-hydroxylation sites is 1. The molecule has 1 aromatic rings. The summed E-state index contributed by atoms with van der Waals surface area (Å²) in [4.78, 5) is 11.1. The Balaban J connectivity index is 2.45. The van der Waals surface area contributed by atoms with Crippen molar-refractivity contribution in [1.29, 1.82) is 0 Å². The third kappa shape index (κ3) is 1.39. The van der Waals surface area contributed by atoms with Gasteiger partial charge in [-0.1, -0.05) is 32.0 Å². The number of carboxylic acids is 1. The number of rotatable bonds is 3. The van der Waals surface area contributed by atoms with Gasteiger partial charge in [-0.3, -0.25) is 4.79 Å². The van der Waals surface area contributed by atoms with Crippen molar-refractivity contribution in [3.8, 4) is 5.75 Å². The van der Waals surface area contributed by atoms with Crippen LogP contribution >= 0.6 is 0 Å². The average molecular weight is 220 g/mol. The first-order valence-corrected chi connectivity index (χ1v) is 5.51. The Morgan fingerprint density at radius 2 is 2.06 bits per heavy atom. The van der Waals surface area contributed by atoms with Gasteiger partial charge in [-0.05, 0) is 18.4 Å². The molecule has 2 unspecified atom stereocenters. The summed E-state index contributed by atoms with van der Waals surface area (Å²) < 4.78 is 0. The summed E-state index contributed by atoms with van der Waals surface area (Å²) >= 11 is 0. The van der Waals surface area contributed by atoms with Gasteiger partial charge in [0.2, 0.25) is 0 Å². The second-order valence-electron chi connectivity index (χ2n) is 4.81. The van der Waals surface area contributed by atoms with Gasteiger partial charge in [0, 0.05) is 11.0 Å². The molecule has 0 saturated heterocycles. The fourth-order valence-corrected chi connectivity index (χ4v) is 2.70. The Kier molecular flexibility index (Phi) is 2.41. The SMILES string of the molecule is CC(C)C1(c2ccccc2O)CC1C(=O)O. The fraction of sp³-hybridized carbons (Fsp3) is 0.462. The summed E-state index contributed by atoms with van der Waals surface area (Å²) in [5.74, 6) is -0.709. The van der Waals surface area contributed by atoms with Crippen molar-refractivity contribution in [3.05, 3.63) is 29.8 Å². The standard InChI is InChI=1S/C13H16O3/c1-8(2)13(7-10(13)12(15)16)9-5-3-4-6-11(9)14/h3-6,8,10,14H,7H2,1-2H3,(H,15,16). The molecule has 1 aromatic carbocycles. The highest BCUT2D eigenvalue weighted by atomic mass is 16.4. The molecule has 0 heterocycles. The van der Waals surface area contributed by atoms with Crippen LogP contribution in [0.1, 0.15) is 25.8 Å². The van der Waals surface area contributed by atoms with Crippen LogP contribution in [0, 0.1) is 11.8 Å². The van der Waals surface area contributed by atoms with Crippen molar-refractivity contribution >= 4 is 5.97 Å². The van der Waals surface area contributed by atoms with Gasteiger partial charge in [-0.15, -0.1) is 0 Å². The summed E-state index contributed by atoms with van der Waals surface area (Å²) in [5.41, 5.74) is 0.398. The molecule has 2 rings (SSSR count). The van der Waals surface area contributed by atoms with Gasteiger partial charge in [0.05, 0.1) is 5.92 Å². The molecule has 0 aromatic heterocycles. The summed E-state index contributed by atoms with van der Waals surface area (Å²) in [7, 11) is 0. The van der Waals surface area contributed by atoms with Crippen LogP contribution in [0.15, 0.2) is 24.3 Å². The zero-order chi connectivity index (χ0) is 11.9. The number of hydrogen-bond donors (Lipinski definition) is 2. The molecule has 2 atom stereocenters. The van der Waals surface area contributed by atoms with Gasteiger partial charge >= 0.3 is 5.97 Å². The smallest absolute Gasteiger partial charge is 0.307 e. The Labute approximate surface area is 94.7 Å². The summed E-state index contributed by atoms with van der Waals surface area (Å²) in [5, 5.41) is 18.9. The lowest BCUT2D eigenvalue weighted by molar-refractivity contribution is -0.139. The molecule has 3 heteroatoms. The summed E-state index contributed by atoms with van der Waals surface area (Å²) in [6.45, 7) is 4.02. The summed E-state index contributed by atoms with van der Waals surface area (Å²) in [6, 6.07) is 7.05. The van der Waals surface area contributed by atoms with Gasteiger partial charge in [0.25, 0.3) is 0 Å². The largest absolute Gasteiger partial charge is 0.508 e. The maximum atomic E-state index is 11.1. The molecule has 0 amide bonds. The highest BCUT2D eigenvalue weighted by Gasteiger charge is 2.62. The van der Waals surface area contributed by atoms with Gasteiger partial charge in [-0.2, -0.15) is 0 Å². The molecular weight excluding hydrogens is 204 g/mol. The van der Waals surface area contributed by atoms with Crippen LogP contribution in [0.3, 0.4) is 0 Å². The Bertz CT molecular complexity index is 425. The molecule has 0 radical (unpaired) electrons. The van der Waals surface area contributed by atoms with Gasteiger partial charge < -0.3 is 10.2 Å². The maximum Gasteiger partial charge on any atom is 0.307 e. The number of carboxylic acid groups (broad SMARTS) is 1. The second-order valence-corrected chi connectivity index (χ2v) is 4.81. The first-order valence-electron chi connectivity index (χ1n) is 5.51. The highest BCUT2D eigenvalue weighted by Crippen LogP contribution is 2.60. The number of carbonyl (C=O) groups is 1. The van der Waals surface area contributed by atoms with Crippen LogP contribution in [-0.2, 0) is 10.2 Å². The minimum absolute atomic E-state index is 0.208. The van der Waals surface area contributed by atoms with E-state index >= 15 is 0 Å². The molecule has 1 aliphatic carbocycles. The minimum Gasteiger partial charge on any atom is -0.508 e. The number of aromatic hydroxyl groups is 1. The van der Waals surface area contributed by atoms with E-state index in [1.807, 2.05) is 26.0 Å². The molecule has 0 spiro atoms. The van der Waals surface area contributed by atoms with E-state index in [0.29, 0.717) is 6.42 Å².